The highest BCUT2D eigenvalue weighted by molar-refractivity contribution is 6.13. The molecule has 4 nitrogen and oxygen atoms in total. The highest BCUT2D eigenvalue weighted by Gasteiger charge is 2.56. The van der Waals surface area contributed by atoms with Crippen LogP contribution in [-0.2, 0) is 9.59 Å². The van der Waals surface area contributed by atoms with Gasteiger partial charge in [0.1, 0.15) is 5.41 Å². The molecule has 0 spiro atoms. The molecule has 2 amide bonds. The summed E-state index contributed by atoms with van der Waals surface area (Å²) in [4.78, 5) is 25.5. The van der Waals surface area contributed by atoms with Crippen LogP contribution in [0.25, 0.3) is 0 Å². The van der Waals surface area contributed by atoms with E-state index in [1.165, 1.54) is 25.7 Å². The summed E-state index contributed by atoms with van der Waals surface area (Å²) >= 11 is 0. The van der Waals surface area contributed by atoms with E-state index < -0.39 is 5.41 Å². The molecule has 2 saturated carbocycles. The third-order valence-electron chi connectivity index (χ3n) is 5.45. The average Bonchev–Trinajstić information content (AvgIpc) is 3.36. The van der Waals surface area contributed by atoms with E-state index in [1.807, 2.05) is 32.0 Å². The molecule has 2 fully saturated rings. The molecule has 1 aromatic rings. The van der Waals surface area contributed by atoms with Gasteiger partial charge in [-0.05, 0) is 56.7 Å². The summed E-state index contributed by atoms with van der Waals surface area (Å²) in [6.07, 6.45) is 8.25. The summed E-state index contributed by atoms with van der Waals surface area (Å²) in [6, 6.07) is 6.23. The normalized spacial score (nSPS) is 20.1. The SMILES string of the molecule is Cc1ccc(C)c(NC(=O)C2(C(=O)NC3CCCCCC3)CC2)c1. The van der Waals surface area contributed by atoms with Crippen LogP contribution in [0, 0.1) is 19.3 Å². The van der Waals surface area contributed by atoms with Crippen molar-refractivity contribution in [1.29, 1.82) is 0 Å². The average molecular weight is 328 g/mol. The lowest BCUT2D eigenvalue weighted by molar-refractivity contribution is -0.134. The fraction of sp³-hybridized carbons (Fsp3) is 0.600. The van der Waals surface area contributed by atoms with Gasteiger partial charge in [0.05, 0.1) is 0 Å². The minimum atomic E-state index is -0.845. The molecule has 0 aliphatic heterocycles. The highest BCUT2D eigenvalue weighted by Crippen LogP contribution is 2.47. The number of benzene rings is 1. The van der Waals surface area contributed by atoms with Crippen LogP contribution in [0.15, 0.2) is 18.2 Å². The first-order valence-corrected chi connectivity index (χ1v) is 9.21. The largest absolute Gasteiger partial charge is 0.352 e. The number of amides is 2. The Morgan fingerprint density at radius 2 is 1.67 bits per heavy atom. The van der Waals surface area contributed by atoms with E-state index in [0.29, 0.717) is 12.8 Å². The third-order valence-corrected chi connectivity index (χ3v) is 5.45. The van der Waals surface area contributed by atoms with E-state index in [9.17, 15) is 9.59 Å². The van der Waals surface area contributed by atoms with E-state index in [1.54, 1.807) is 0 Å². The molecule has 0 radical (unpaired) electrons. The number of carbonyl (C=O) groups excluding carboxylic acids is 2. The quantitative estimate of drug-likeness (QED) is 0.651. The topological polar surface area (TPSA) is 58.2 Å². The molecule has 1 aromatic carbocycles. The Balaban J connectivity index is 1.65. The second kappa shape index (κ2) is 6.96. The Labute approximate surface area is 144 Å². The minimum absolute atomic E-state index is 0.0720. The van der Waals surface area contributed by atoms with Gasteiger partial charge in [-0.1, -0.05) is 37.8 Å². The highest BCUT2D eigenvalue weighted by atomic mass is 16.2. The molecule has 2 N–H and O–H groups in total. The molecule has 0 saturated heterocycles. The summed E-state index contributed by atoms with van der Waals surface area (Å²) in [7, 11) is 0. The Hall–Kier alpha value is -1.84. The van der Waals surface area contributed by atoms with Crippen molar-refractivity contribution in [3.8, 4) is 0 Å². The molecule has 2 aliphatic rings. The van der Waals surface area contributed by atoms with Gasteiger partial charge >= 0.3 is 0 Å². The molecule has 130 valence electrons. The Morgan fingerprint density at radius 3 is 2.29 bits per heavy atom. The van der Waals surface area contributed by atoms with Crippen LogP contribution in [0.3, 0.4) is 0 Å². The standard InChI is InChI=1S/C20H28N2O2/c1-14-9-10-15(2)17(13-14)22-19(24)20(11-12-20)18(23)21-16-7-5-3-4-6-8-16/h9-10,13,16H,3-8,11-12H2,1-2H3,(H,21,23)(H,22,24). The van der Waals surface area contributed by atoms with Crippen molar-refractivity contribution in [2.45, 2.75) is 71.3 Å². The molecule has 0 bridgehead atoms. The number of hydrogen-bond acceptors (Lipinski definition) is 2. The number of hydrogen-bond donors (Lipinski definition) is 2. The van der Waals surface area contributed by atoms with E-state index >= 15 is 0 Å². The lowest BCUT2D eigenvalue weighted by Crippen LogP contribution is -2.44. The number of nitrogens with one attached hydrogen (secondary N) is 2. The monoisotopic (exact) mass is 328 g/mol. The molecule has 0 heterocycles. The molecule has 2 aliphatic carbocycles. The zero-order valence-corrected chi connectivity index (χ0v) is 14.8. The molecule has 0 aromatic heterocycles. The predicted octanol–water partition coefficient (Wildman–Crippen LogP) is 3.86. The van der Waals surface area contributed by atoms with Crippen LogP contribution < -0.4 is 10.6 Å². The van der Waals surface area contributed by atoms with Crippen molar-refractivity contribution < 1.29 is 9.59 Å². The van der Waals surface area contributed by atoms with E-state index in [2.05, 4.69) is 10.6 Å². The molecule has 3 rings (SSSR count). The van der Waals surface area contributed by atoms with Gasteiger partial charge in [-0.3, -0.25) is 9.59 Å². The first kappa shape index (κ1) is 17.0. The van der Waals surface area contributed by atoms with Gasteiger partial charge in [0, 0.05) is 11.7 Å². The number of aryl methyl sites for hydroxylation is 2. The molecule has 0 unspecified atom stereocenters. The molecule has 4 heteroatoms. The van der Waals surface area contributed by atoms with Crippen LogP contribution in [0.5, 0.6) is 0 Å². The summed E-state index contributed by atoms with van der Waals surface area (Å²) in [5.41, 5.74) is 2.09. The molecule has 24 heavy (non-hydrogen) atoms. The van der Waals surface area contributed by atoms with Crippen molar-refractivity contribution in [3.63, 3.8) is 0 Å². The summed E-state index contributed by atoms with van der Waals surface area (Å²) < 4.78 is 0. The van der Waals surface area contributed by atoms with Crippen LogP contribution in [0.1, 0.15) is 62.5 Å². The maximum Gasteiger partial charge on any atom is 0.240 e. The van der Waals surface area contributed by atoms with Crippen LogP contribution >= 0.6 is 0 Å². The van der Waals surface area contributed by atoms with E-state index in [4.69, 9.17) is 0 Å². The zero-order valence-electron chi connectivity index (χ0n) is 14.8. The predicted molar refractivity (Wildman–Crippen MR) is 95.8 cm³/mol. The van der Waals surface area contributed by atoms with Gasteiger partial charge in [-0.15, -0.1) is 0 Å². The first-order chi connectivity index (χ1) is 11.5. The van der Waals surface area contributed by atoms with Crippen molar-refractivity contribution in [3.05, 3.63) is 29.3 Å². The smallest absolute Gasteiger partial charge is 0.240 e. The second-order valence-electron chi connectivity index (χ2n) is 7.52. The van der Waals surface area contributed by atoms with Crippen LogP contribution in [-0.4, -0.2) is 17.9 Å². The molecule has 0 atom stereocenters. The van der Waals surface area contributed by atoms with Gasteiger partial charge < -0.3 is 10.6 Å². The van der Waals surface area contributed by atoms with Gasteiger partial charge in [0.25, 0.3) is 0 Å². The number of carbonyl (C=O) groups is 2. The summed E-state index contributed by atoms with van der Waals surface area (Å²) in [5, 5.41) is 6.14. The third kappa shape index (κ3) is 3.63. The van der Waals surface area contributed by atoms with Crippen molar-refractivity contribution in [2.24, 2.45) is 5.41 Å². The molecular weight excluding hydrogens is 300 g/mol. The minimum Gasteiger partial charge on any atom is -0.352 e. The van der Waals surface area contributed by atoms with Gasteiger partial charge in [0.15, 0.2) is 0 Å². The van der Waals surface area contributed by atoms with Gasteiger partial charge in [-0.25, -0.2) is 0 Å². The van der Waals surface area contributed by atoms with Gasteiger partial charge in [0.2, 0.25) is 11.8 Å². The fourth-order valence-electron chi connectivity index (χ4n) is 3.54. The van der Waals surface area contributed by atoms with Crippen LogP contribution in [0.4, 0.5) is 5.69 Å². The Kier molecular flexibility index (Phi) is 4.93. The van der Waals surface area contributed by atoms with E-state index in [-0.39, 0.29) is 17.9 Å². The van der Waals surface area contributed by atoms with Crippen molar-refractivity contribution in [2.75, 3.05) is 5.32 Å². The second-order valence-corrected chi connectivity index (χ2v) is 7.52. The van der Waals surface area contributed by atoms with Crippen molar-refractivity contribution in [1.82, 2.24) is 5.32 Å². The number of anilines is 1. The summed E-state index contributed by atoms with van der Waals surface area (Å²) in [5.74, 6) is -0.223. The summed E-state index contributed by atoms with van der Waals surface area (Å²) in [6.45, 7) is 3.97. The lowest BCUT2D eigenvalue weighted by Gasteiger charge is -2.21. The van der Waals surface area contributed by atoms with Crippen LogP contribution in [0.2, 0.25) is 0 Å². The maximum atomic E-state index is 12.7. The first-order valence-electron chi connectivity index (χ1n) is 9.21. The lowest BCUT2D eigenvalue weighted by atomic mass is 10.0. The van der Waals surface area contributed by atoms with E-state index in [0.717, 1.165) is 29.7 Å². The Morgan fingerprint density at radius 1 is 1.00 bits per heavy atom. The van der Waals surface area contributed by atoms with Crippen molar-refractivity contribution >= 4 is 17.5 Å². The molecular formula is C20H28N2O2. The zero-order chi connectivity index (χ0) is 17.2. The fourth-order valence-corrected chi connectivity index (χ4v) is 3.54. The maximum absolute atomic E-state index is 12.7. The Bertz CT molecular complexity index is 627. The van der Waals surface area contributed by atoms with Gasteiger partial charge in [-0.2, -0.15) is 0 Å². The number of rotatable bonds is 4.